The highest BCUT2D eigenvalue weighted by Crippen LogP contribution is 2.36. The van der Waals surface area contributed by atoms with Gasteiger partial charge in [-0.3, -0.25) is 4.90 Å². The second-order valence-corrected chi connectivity index (χ2v) is 6.69. The molecule has 2 aliphatic rings. The molecule has 108 valence electrons. The Kier molecular flexibility index (Phi) is 4.37. The first-order valence-corrected chi connectivity index (χ1v) is 8.28. The molecule has 1 saturated carbocycles. The number of thiocarbonyl (C=S) groups is 1. The maximum absolute atomic E-state index is 5.86. The first-order chi connectivity index (χ1) is 9.75. The number of rotatable bonds is 3. The lowest BCUT2D eigenvalue weighted by molar-refractivity contribution is 0.0547. The summed E-state index contributed by atoms with van der Waals surface area (Å²) in [5.41, 5.74) is 8.22. The zero-order valence-electron chi connectivity index (χ0n) is 12.1. The molecule has 2 N–H and O–H groups in total. The molecular formula is C17H24N2S. The van der Waals surface area contributed by atoms with Crippen LogP contribution in [0.1, 0.15) is 49.7 Å². The van der Waals surface area contributed by atoms with Crippen molar-refractivity contribution in [2.45, 2.75) is 51.1 Å². The summed E-state index contributed by atoms with van der Waals surface area (Å²) in [7, 11) is 0. The fraction of sp³-hybridized carbons (Fsp3) is 0.588. The number of nitrogens with two attached hydrogens (primary N) is 1. The van der Waals surface area contributed by atoms with Crippen LogP contribution in [0.2, 0.25) is 0 Å². The maximum atomic E-state index is 5.86. The lowest BCUT2D eigenvalue weighted by atomic mass is 9.78. The van der Waals surface area contributed by atoms with Crippen molar-refractivity contribution in [3.63, 3.8) is 0 Å². The fourth-order valence-corrected chi connectivity index (χ4v) is 4.24. The van der Waals surface area contributed by atoms with Crippen LogP contribution < -0.4 is 5.73 Å². The minimum atomic E-state index is 0.526. The molecule has 1 aromatic rings. The second kappa shape index (κ2) is 6.23. The van der Waals surface area contributed by atoms with Gasteiger partial charge in [-0.25, -0.2) is 0 Å². The highest BCUT2D eigenvalue weighted by atomic mass is 32.1. The van der Waals surface area contributed by atoms with Crippen LogP contribution in [0.15, 0.2) is 24.3 Å². The molecule has 1 saturated heterocycles. The van der Waals surface area contributed by atoms with Gasteiger partial charge in [0.1, 0.15) is 4.99 Å². The lowest BCUT2D eigenvalue weighted by Crippen LogP contribution is -2.46. The minimum Gasteiger partial charge on any atom is -0.389 e. The van der Waals surface area contributed by atoms with E-state index in [0.29, 0.717) is 4.99 Å². The average Bonchev–Trinajstić information content (AvgIpc) is 2.48. The lowest BCUT2D eigenvalue weighted by Gasteiger charge is -2.44. The van der Waals surface area contributed by atoms with Gasteiger partial charge in [0.2, 0.25) is 0 Å². The third-order valence-corrected chi connectivity index (χ3v) is 5.23. The van der Waals surface area contributed by atoms with E-state index in [-0.39, 0.29) is 0 Å². The average molecular weight is 288 g/mol. The summed E-state index contributed by atoms with van der Waals surface area (Å²) >= 11 is 5.19. The number of hydrogen-bond donors (Lipinski definition) is 1. The van der Waals surface area contributed by atoms with Crippen molar-refractivity contribution in [2.24, 2.45) is 11.7 Å². The molecule has 0 unspecified atom stereocenters. The first kappa shape index (κ1) is 14.0. The maximum Gasteiger partial charge on any atom is 0.104 e. The summed E-state index contributed by atoms with van der Waals surface area (Å²) in [5, 5.41) is 0. The molecule has 0 bridgehead atoms. The summed E-state index contributed by atoms with van der Waals surface area (Å²) in [5.74, 6) is 0.925. The molecule has 20 heavy (non-hydrogen) atoms. The van der Waals surface area contributed by atoms with E-state index in [9.17, 15) is 0 Å². The second-order valence-electron chi connectivity index (χ2n) is 6.25. The number of likely N-dealkylation sites (tertiary alicyclic amines) is 1. The molecule has 1 aliphatic carbocycles. The molecule has 2 atom stereocenters. The van der Waals surface area contributed by atoms with Crippen molar-refractivity contribution in [3.8, 4) is 0 Å². The van der Waals surface area contributed by atoms with E-state index in [4.69, 9.17) is 18.0 Å². The molecule has 2 nitrogen and oxygen atoms in total. The molecular weight excluding hydrogens is 264 g/mol. The standard InChI is InChI=1S/C17H24N2S/c18-17(20)15-9-3-1-7-14(15)12-19-11-5-8-13-6-2-4-10-16(13)19/h1,3,7,9,13,16H,2,4-6,8,10-12H2,(H2,18,20)/t13-,16-/m1/s1. The minimum absolute atomic E-state index is 0.526. The summed E-state index contributed by atoms with van der Waals surface area (Å²) in [4.78, 5) is 3.21. The Labute approximate surface area is 127 Å². The van der Waals surface area contributed by atoms with Crippen LogP contribution in [0, 0.1) is 5.92 Å². The Bertz CT molecular complexity index is 484. The van der Waals surface area contributed by atoms with E-state index in [2.05, 4.69) is 23.1 Å². The number of benzene rings is 1. The van der Waals surface area contributed by atoms with Crippen molar-refractivity contribution < 1.29 is 0 Å². The van der Waals surface area contributed by atoms with Crippen LogP contribution in [0.4, 0.5) is 0 Å². The predicted octanol–water partition coefficient (Wildman–Crippen LogP) is 3.48. The van der Waals surface area contributed by atoms with Gasteiger partial charge in [-0.1, -0.05) is 49.3 Å². The third-order valence-electron chi connectivity index (χ3n) is 5.01. The summed E-state index contributed by atoms with van der Waals surface area (Å²) < 4.78 is 0. The zero-order valence-corrected chi connectivity index (χ0v) is 12.9. The number of hydrogen-bond acceptors (Lipinski definition) is 2. The van der Waals surface area contributed by atoms with Gasteiger partial charge >= 0.3 is 0 Å². The van der Waals surface area contributed by atoms with E-state index in [1.165, 1.54) is 50.6 Å². The predicted molar refractivity (Wildman–Crippen MR) is 87.7 cm³/mol. The largest absolute Gasteiger partial charge is 0.389 e. The molecule has 3 heteroatoms. The molecule has 3 rings (SSSR count). The van der Waals surface area contributed by atoms with Crippen molar-refractivity contribution in [2.75, 3.05) is 6.54 Å². The molecule has 0 radical (unpaired) electrons. The van der Waals surface area contributed by atoms with Crippen LogP contribution in [0.3, 0.4) is 0 Å². The third kappa shape index (κ3) is 2.89. The first-order valence-electron chi connectivity index (χ1n) is 7.87. The van der Waals surface area contributed by atoms with Crippen molar-refractivity contribution in [1.29, 1.82) is 0 Å². The van der Waals surface area contributed by atoms with E-state index in [1.807, 2.05) is 6.07 Å². The highest BCUT2D eigenvalue weighted by Gasteiger charge is 2.33. The Balaban J connectivity index is 1.78. The molecule has 0 spiro atoms. The summed E-state index contributed by atoms with van der Waals surface area (Å²) in [6.45, 7) is 2.24. The van der Waals surface area contributed by atoms with E-state index < -0.39 is 0 Å². The fourth-order valence-electron chi connectivity index (χ4n) is 4.04. The monoisotopic (exact) mass is 288 g/mol. The Hall–Kier alpha value is -0.930. The Morgan fingerprint density at radius 1 is 1.15 bits per heavy atom. The van der Waals surface area contributed by atoms with Gasteiger partial charge in [-0.05, 0) is 43.7 Å². The van der Waals surface area contributed by atoms with Gasteiger partial charge in [0.15, 0.2) is 0 Å². The molecule has 0 amide bonds. The van der Waals surface area contributed by atoms with Crippen LogP contribution in [0.25, 0.3) is 0 Å². The molecule has 1 heterocycles. The summed E-state index contributed by atoms with van der Waals surface area (Å²) in [6.07, 6.45) is 8.40. The SMILES string of the molecule is NC(=S)c1ccccc1CN1CCC[C@H]2CCCC[C@H]21. The Morgan fingerprint density at radius 2 is 1.90 bits per heavy atom. The smallest absolute Gasteiger partial charge is 0.104 e. The van der Waals surface area contributed by atoms with Gasteiger partial charge in [0.25, 0.3) is 0 Å². The zero-order chi connectivity index (χ0) is 13.9. The van der Waals surface area contributed by atoms with Crippen LogP contribution in [-0.2, 0) is 6.54 Å². The van der Waals surface area contributed by atoms with Crippen LogP contribution in [-0.4, -0.2) is 22.5 Å². The molecule has 1 aromatic carbocycles. The Morgan fingerprint density at radius 3 is 2.75 bits per heavy atom. The number of piperidine rings is 1. The number of nitrogens with zero attached hydrogens (tertiary/aromatic N) is 1. The molecule has 0 aromatic heterocycles. The molecule has 1 aliphatic heterocycles. The van der Waals surface area contributed by atoms with Gasteiger partial charge < -0.3 is 5.73 Å². The molecule has 2 fully saturated rings. The number of fused-ring (bicyclic) bond motifs is 1. The van der Waals surface area contributed by atoms with E-state index in [0.717, 1.165) is 24.1 Å². The van der Waals surface area contributed by atoms with Gasteiger partial charge in [0, 0.05) is 18.2 Å². The van der Waals surface area contributed by atoms with Gasteiger partial charge in [0.05, 0.1) is 0 Å². The highest BCUT2D eigenvalue weighted by molar-refractivity contribution is 7.80. The topological polar surface area (TPSA) is 29.3 Å². The van der Waals surface area contributed by atoms with Crippen LogP contribution >= 0.6 is 12.2 Å². The van der Waals surface area contributed by atoms with Gasteiger partial charge in [-0.15, -0.1) is 0 Å². The van der Waals surface area contributed by atoms with E-state index >= 15 is 0 Å². The van der Waals surface area contributed by atoms with E-state index in [1.54, 1.807) is 0 Å². The summed E-state index contributed by atoms with van der Waals surface area (Å²) in [6, 6.07) is 9.15. The van der Waals surface area contributed by atoms with Gasteiger partial charge in [-0.2, -0.15) is 0 Å². The van der Waals surface area contributed by atoms with Crippen molar-refractivity contribution >= 4 is 17.2 Å². The normalized spacial score (nSPS) is 27.0. The van der Waals surface area contributed by atoms with Crippen molar-refractivity contribution in [1.82, 2.24) is 4.90 Å². The quantitative estimate of drug-likeness (QED) is 0.864. The van der Waals surface area contributed by atoms with Crippen LogP contribution in [0.5, 0.6) is 0 Å². The van der Waals surface area contributed by atoms with Crippen molar-refractivity contribution in [3.05, 3.63) is 35.4 Å².